The maximum absolute atomic E-state index is 10.8. The molecule has 14 heavy (non-hydrogen) atoms. The summed E-state index contributed by atoms with van der Waals surface area (Å²) < 4.78 is 5.09. The van der Waals surface area contributed by atoms with Gasteiger partial charge in [0.2, 0.25) is 0 Å². The molecule has 0 fully saturated rings. The number of carbonyl (C=O) groups is 1. The summed E-state index contributed by atoms with van der Waals surface area (Å²) >= 11 is 10.9. The van der Waals surface area contributed by atoms with Gasteiger partial charge >= 0.3 is 5.24 Å². The Morgan fingerprint density at radius 3 is 2.93 bits per heavy atom. The van der Waals surface area contributed by atoms with E-state index in [-0.39, 0.29) is 5.89 Å². The highest BCUT2D eigenvalue weighted by Gasteiger charge is 2.11. The van der Waals surface area contributed by atoms with Crippen LogP contribution in [-0.4, -0.2) is 10.2 Å². The molecular weight excluding hydrogens is 225 g/mol. The number of fused-ring (bicyclic) bond motifs is 1. The van der Waals surface area contributed by atoms with Crippen LogP contribution in [0.4, 0.5) is 0 Å². The second-order valence-corrected chi connectivity index (χ2v) is 3.34. The van der Waals surface area contributed by atoms with Crippen LogP contribution in [0.15, 0.2) is 22.6 Å². The quantitative estimate of drug-likeness (QED) is 0.588. The Labute approximate surface area is 89.6 Å². The van der Waals surface area contributed by atoms with Crippen LogP contribution in [0, 0.1) is 0 Å². The number of benzene rings is 1. The van der Waals surface area contributed by atoms with Crippen molar-refractivity contribution in [3.63, 3.8) is 0 Å². The molecule has 5 heteroatoms. The van der Waals surface area contributed by atoms with Crippen LogP contribution in [0.1, 0.15) is 16.2 Å². The van der Waals surface area contributed by atoms with E-state index in [1.54, 1.807) is 12.1 Å². The smallest absolute Gasteiger partial charge is 0.307 e. The fourth-order valence-corrected chi connectivity index (χ4v) is 1.39. The Hall–Kier alpha value is -1.06. The summed E-state index contributed by atoms with van der Waals surface area (Å²) in [5, 5.41) is -0.700. The third-order valence-corrected chi connectivity index (χ3v) is 2.24. The lowest BCUT2D eigenvalue weighted by Gasteiger charge is -1.91. The summed E-state index contributed by atoms with van der Waals surface area (Å²) in [7, 11) is 0. The Balaban J connectivity index is 2.60. The van der Waals surface area contributed by atoms with Crippen molar-refractivity contribution >= 4 is 39.5 Å². The van der Waals surface area contributed by atoms with Crippen molar-refractivity contribution in [3.05, 3.63) is 29.7 Å². The van der Waals surface area contributed by atoms with Gasteiger partial charge in [-0.2, -0.15) is 0 Å². The predicted octanol–water partition coefficient (Wildman–Crippen LogP) is 2.95. The van der Waals surface area contributed by atoms with E-state index in [0.717, 1.165) is 5.56 Å². The predicted molar refractivity (Wildman–Crippen MR) is 53.7 cm³/mol. The minimum absolute atomic E-state index is 0.0895. The van der Waals surface area contributed by atoms with E-state index < -0.39 is 5.24 Å². The molecule has 0 saturated heterocycles. The number of hydrogen-bond acceptors (Lipinski definition) is 3. The highest BCUT2D eigenvalue weighted by Crippen LogP contribution is 2.18. The maximum atomic E-state index is 10.8. The number of hydrogen-bond donors (Lipinski definition) is 0. The van der Waals surface area contributed by atoms with Crippen molar-refractivity contribution in [3.8, 4) is 0 Å². The van der Waals surface area contributed by atoms with E-state index in [9.17, 15) is 4.79 Å². The van der Waals surface area contributed by atoms with Gasteiger partial charge in [-0.05, 0) is 29.3 Å². The number of halogens is 2. The minimum atomic E-state index is -0.700. The van der Waals surface area contributed by atoms with Gasteiger partial charge in [-0.25, -0.2) is 4.98 Å². The zero-order valence-electron chi connectivity index (χ0n) is 6.96. The van der Waals surface area contributed by atoms with Crippen LogP contribution >= 0.6 is 23.2 Å². The van der Waals surface area contributed by atoms with Crippen molar-refractivity contribution in [1.82, 2.24) is 4.98 Å². The van der Waals surface area contributed by atoms with Gasteiger partial charge in [-0.1, -0.05) is 6.07 Å². The third kappa shape index (κ3) is 1.61. The molecule has 0 radical (unpaired) electrons. The maximum Gasteiger partial charge on any atom is 0.307 e. The van der Waals surface area contributed by atoms with Gasteiger partial charge < -0.3 is 4.42 Å². The molecule has 72 valence electrons. The number of aromatic nitrogens is 1. The summed E-state index contributed by atoms with van der Waals surface area (Å²) in [6, 6.07) is 5.28. The van der Waals surface area contributed by atoms with E-state index in [1.807, 2.05) is 6.07 Å². The molecule has 0 aliphatic rings. The molecule has 1 aromatic carbocycles. The molecular formula is C9H5Cl2NO2. The Morgan fingerprint density at radius 1 is 1.50 bits per heavy atom. The second kappa shape index (κ2) is 3.59. The van der Waals surface area contributed by atoms with Crippen molar-refractivity contribution in [1.29, 1.82) is 0 Å². The Morgan fingerprint density at radius 2 is 2.29 bits per heavy atom. The average Bonchev–Trinajstić information content (AvgIpc) is 2.59. The van der Waals surface area contributed by atoms with Crippen LogP contribution in [0.25, 0.3) is 11.1 Å². The molecule has 2 rings (SSSR count). The van der Waals surface area contributed by atoms with Crippen molar-refractivity contribution in [2.45, 2.75) is 5.88 Å². The molecule has 0 bridgehead atoms. The standard InChI is InChI=1S/C9H5Cl2NO2/c10-4-5-1-2-7-6(3-5)12-9(14-7)8(11)13/h1-3H,4H2. The number of rotatable bonds is 2. The lowest BCUT2D eigenvalue weighted by Crippen LogP contribution is -1.86. The van der Waals surface area contributed by atoms with E-state index in [0.29, 0.717) is 17.0 Å². The number of oxazole rings is 1. The molecule has 1 aromatic heterocycles. The lowest BCUT2D eigenvalue weighted by molar-refractivity contribution is 0.105. The summed E-state index contributed by atoms with van der Waals surface area (Å²) in [5.41, 5.74) is 2.04. The second-order valence-electron chi connectivity index (χ2n) is 2.73. The average molecular weight is 230 g/mol. The van der Waals surface area contributed by atoms with Gasteiger partial charge in [0.1, 0.15) is 5.52 Å². The largest absolute Gasteiger partial charge is 0.433 e. The SMILES string of the molecule is O=C(Cl)c1nc2cc(CCl)ccc2o1. The molecule has 0 atom stereocenters. The van der Waals surface area contributed by atoms with Gasteiger partial charge in [0, 0.05) is 5.88 Å². The zero-order valence-corrected chi connectivity index (χ0v) is 8.47. The Bertz CT molecular complexity index is 493. The Kier molecular flexibility index (Phi) is 2.44. The van der Waals surface area contributed by atoms with Gasteiger partial charge in [0.05, 0.1) is 0 Å². The summed E-state index contributed by atoms with van der Waals surface area (Å²) in [6.07, 6.45) is 0. The van der Waals surface area contributed by atoms with E-state index in [2.05, 4.69) is 4.98 Å². The normalized spacial score (nSPS) is 10.7. The monoisotopic (exact) mass is 229 g/mol. The summed E-state index contributed by atoms with van der Waals surface area (Å²) in [6.45, 7) is 0. The molecule has 0 aliphatic carbocycles. The van der Waals surface area contributed by atoms with E-state index >= 15 is 0 Å². The van der Waals surface area contributed by atoms with Gasteiger partial charge in [-0.3, -0.25) is 4.79 Å². The fourth-order valence-electron chi connectivity index (χ4n) is 1.14. The van der Waals surface area contributed by atoms with Crippen LogP contribution in [0.3, 0.4) is 0 Å². The molecule has 0 unspecified atom stereocenters. The fraction of sp³-hybridized carbons (Fsp3) is 0.111. The molecule has 0 spiro atoms. The van der Waals surface area contributed by atoms with Crippen molar-refractivity contribution < 1.29 is 9.21 Å². The van der Waals surface area contributed by atoms with Crippen molar-refractivity contribution in [2.24, 2.45) is 0 Å². The molecule has 0 aliphatic heterocycles. The highest BCUT2D eigenvalue weighted by atomic mass is 35.5. The molecule has 1 heterocycles. The first-order valence-electron chi connectivity index (χ1n) is 3.86. The van der Waals surface area contributed by atoms with Crippen LogP contribution in [0.2, 0.25) is 0 Å². The molecule has 2 aromatic rings. The molecule has 0 N–H and O–H groups in total. The van der Waals surface area contributed by atoms with Crippen molar-refractivity contribution in [2.75, 3.05) is 0 Å². The van der Waals surface area contributed by atoms with Gasteiger partial charge in [0.25, 0.3) is 5.89 Å². The third-order valence-electron chi connectivity index (χ3n) is 1.77. The first-order chi connectivity index (χ1) is 6.70. The lowest BCUT2D eigenvalue weighted by atomic mass is 10.2. The van der Waals surface area contributed by atoms with Gasteiger partial charge in [-0.15, -0.1) is 11.6 Å². The summed E-state index contributed by atoms with van der Waals surface area (Å²) in [4.78, 5) is 14.7. The number of carbonyl (C=O) groups excluding carboxylic acids is 1. The molecule has 3 nitrogen and oxygen atoms in total. The topological polar surface area (TPSA) is 43.1 Å². The van der Waals surface area contributed by atoms with Gasteiger partial charge in [0.15, 0.2) is 5.58 Å². The zero-order chi connectivity index (χ0) is 10.1. The molecule has 0 amide bonds. The first kappa shape index (κ1) is 9.49. The number of nitrogens with zero attached hydrogens (tertiary/aromatic N) is 1. The van der Waals surface area contributed by atoms with E-state index in [4.69, 9.17) is 27.6 Å². The number of alkyl halides is 1. The first-order valence-corrected chi connectivity index (χ1v) is 4.77. The highest BCUT2D eigenvalue weighted by molar-refractivity contribution is 6.67. The van der Waals surface area contributed by atoms with Crippen LogP contribution in [0.5, 0.6) is 0 Å². The summed E-state index contributed by atoms with van der Waals surface area (Å²) in [5.74, 6) is 0.306. The minimum Gasteiger partial charge on any atom is -0.433 e. The van der Waals surface area contributed by atoms with E-state index in [1.165, 1.54) is 0 Å². The van der Waals surface area contributed by atoms with Crippen LogP contribution in [-0.2, 0) is 5.88 Å². The molecule has 0 saturated carbocycles. The van der Waals surface area contributed by atoms with Crippen LogP contribution < -0.4 is 0 Å².